The summed E-state index contributed by atoms with van der Waals surface area (Å²) in [6, 6.07) is 16.0. The van der Waals surface area contributed by atoms with E-state index in [9.17, 15) is 39.3 Å². The van der Waals surface area contributed by atoms with Gasteiger partial charge in [0.1, 0.15) is 36.1 Å². The fourth-order valence-corrected chi connectivity index (χ4v) is 9.12. The topological polar surface area (TPSA) is 183 Å². The number of carbonyl (C=O) groups excluding carboxylic acids is 5. The van der Waals surface area contributed by atoms with Crippen LogP contribution < -0.4 is 0 Å². The van der Waals surface area contributed by atoms with E-state index >= 15 is 0 Å². The predicted octanol–water partition coefficient (Wildman–Crippen LogP) is 3.21. The molecule has 12 heteroatoms. The summed E-state index contributed by atoms with van der Waals surface area (Å²) in [5.41, 5.74) is -7.74. The molecule has 11 atom stereocenters. The molecule has 0 heterocycles. The van der Waals surface area contributed by atoms with Crippen molar-refractivity contribution in [1.29, 1.82) is 0 Å². The maximum Gasteiger partial charge on any atom is 0.338 e. The lowest BCUT2D eigenvalue weighted by molar-refractivity contribution is -0.321. The zero-order valence-corrected chi connectivity index (χ0v) is 28.9. The number of esters is 4. The second-order valence-electron chi connectivity index (χ2n) is 14.6. The van der Waals surface area contributed by atoms with Gasteiger partial charge >= 0.3 is 23.9 Å². The van der Waals surface area contributed by atoms with Gasteiger partial charge in [0.15, 0.2) is 11.4 Å². The number of fused-ring (bicyclic) bond motifs is 3. The first-order chi connectivity index (χ1) is 23.3. The Labute approximate surface area is 290 Å². The molecule has 12 nitrogen and oxygen atoms in total. The first-order valence-electron chi connectivity index (χ1n) is 16.5. The minimum absolute atomic E-state index is 0.123. The highest BCUT2D eigenvalue weighted by molar-refractivity contribution is 5.98. The van der Waals surface area contributed by atoms with Crippen LogP contribution >= 0.6 is 0 Å². The first-order valence-corrected chi connectivity index (χ1v) is 16.5. The summed E-state index contributed by atoms with van der Waals surface area (Å²) in [5.74, 6) is -8.24. The number of ketones is 1. The number of ether oxygens (including phenoxy) is 4. The van der Waals surface area contributed by atoms with Gasteiger partial charge in [0.2, 0.25) is 0 Å². The van der Waals surface area contributed by atoms with E-state index in [-0.39, 0.29) is 17.5 Å². The molecule has 0 radical (unpaired) electrons. The molecular weight excluding hydrogens is 648 g/mol. The maximum absolute atomic E-state index is 14.5. The van der Waals surface area contributed by atoms with Crippen LogP contribution in [0.3, 0.4) is 0 Å². The quantitative estimate of drug-likeness (QED) is 0.219. The highest BCUT2D eigenvalue weighted by Gasteiger charge is 2.80. The molecule has 3 saturated carbocycles. The van der Waals surface area contributed by atoms with E-state index in [1.54, 1.807) is 57.2 Å². The minimum atomic E-state index is -2.75. The first kappa shape index (κ1) is 36.9. The van der Waals surface area contributed by atoms with Crippen molar-refractivity contribution in [3.05, 3.63) is 84.4 Å². The Hall–Kier alpha value is -4.39. The molecule has 2 aromatic rings. The summed E-state index contributed by atoms with van der Waals surface area (Å²) in [5, 5.41) is 36.8. The average molecular weight is 693 g/mol. The molecule has 5 rings (SSSR count). The van der Waals surface area contributed by atoms with Gasteiger partial charge in [-0.15, -0.1) is 6.58 Å². The number of aliphatic hydroxyl groups is 3. The van der Waals surface area contributed by atoms with E-state index in [1.165, 1.54) is 30.3 Å². The summed E-state index contributed by atoms with van der Waals surface area (Å²) in [7, 11) is 0. The fourth-order valence-electron chi connectivity index (χ4n) is 9.12. The summed E-state index contributed by atoms with van der Waals surface area (Å²) < 4.78 is 23.7. The summed E-state index contributed by atoms with van der Waals surface area (Å²) in [6.07, 6.45) is -6.85. The predicted molar refractivity (Wildman–Crippen MR) is 176 cm³/mol. The van der Waals surface area contributed by atoms with Crippen molar-refractivity contribution >= 4 is 29.7 Å². The highest BCUT2D eigenvalue weighted by atomic mass is 16.6. The molecule has 2 aromatic carbocycles. The Balaban J connectivity index is 1.76. The van der Waals surface area contributed by atoms with Crippen molar-refractivity contribution in [2.75, 3.05) is 0 Å². The van der Waals surface area contributed by atoms with Gasteiger partial charge in [0.05, 0.1) is 17.0 Å². The number of carbonyl (C=O) groups is 5. The molecule has 3 N–H and O–H groups in total. The summed E-state index contributed by atoms with van der Waals surface area (Å²) in [4.78, 5) is 67.1. The van der Waals surface area contributed by atoms with E-state index in [0.717, 1.165) is 20.8 Å². The second-order valence-corrected chi connectivity index (χ2v) is 14.6. The van der Waals surface area contributed by atoms with E-state index in [2.05, 4.69) is 6.58 Å². The van der Waals surface area contributed by atoms with Crippen LogP contribution in [0.25, 0.3) is 0 Å². The van der Waals surface area contributed by atoms with Gasteiger partial charge in [0.25, 0.3) is 0 Å². The van der Waals surface area contributed by atoms with Gasteiger partial charge in [-0.2, -0.15) is 0 Å². The van der Waals surface area contributed by atoms with Crippen LogP contribution in [0.2, 0.25) is 0 Å². The monoisotopic (exact) mass is 692 g/mol. The lowest BCUT2D eigenvalue weighted by atomic mass is 9.38. The molecular formula is C38H44O12. The number of hydrogen-bond acceptors (Lipinski definition) is 12. The number of hydrogen-bond donors (Lipinski definition) is 3. The normalized spacial score (nSPS) is 37.3. The van der Waals surface area contributed by atoms with Crippen LogP contribution in [0.5, 0.6) is 0 Å². The van der Waals surface area contributed by atoms with E-state index < -0.39 is 100.0 Å². The van der Waals surface area contributed by atoms with Crippen LogP contribution in [0.15, 0.2) is 73.3 Å². The van der Waals surface area contributed by atoms with Crippen LogP contribution in [0.1, 0.15) is 68.7 Å². The Kier molecular flexibility index (Phi) is 9.63. The van der Waals surface area contributed by atoms with Crippen molar-refractivity contribution in [1.82, 2.24) is 0 Å². The van der Waals surface area contributed by atoms with Crippen molar-refractivity contribution < 1.29 is 58.2 Å². The molecule has 268 valence electrons. The summed E-state index contributed by atoms with van der Waals surface area (Å²) in [6.45, 7) is 12.2. The van der Waals surface area contributed by atoms with Crippen molar-refractivity contribution in [3.63, 3.8) is 0 Å². The number of aliphatic hydroxyl groups excluding tert-OH is 1. The zero-order valence-electron chi connectivity index (χ0n) is 28.9. The molecule has 0 aromatic heterocycles. The molecule has 3 aliphatic rings. The highest BCUT2D eigenvalue weighted by Crippen LogP contribution is 2.67. The molecule has 50 heavy (non-hydrogen) atoms. The van der Waals surface area contributed by atoms with Crippen LogP contribution in [0.4, 0.5) is 0 Å². The van der Waals surface area contributed by atoms with Crippen LogP contribution in [-0.2, 0) is 33.3 Å². The van der Waals surface area contributed by atoms with Gasteiger partial charge in [-0.05, 0) is 43.5 Å². The van der Waals surface area contributed by atoms with Gasteiger partial charge in [-0.25, -0.2) is 9.59 Å². The third-order valence-corrected chi connectivity index (χ3v) is 11.2. The van der Waals surface area contributed by atoms with Gasteiger partial charge in [0, 0.05) is 30.6 Å². The molecule has 0 amide bonds. The second kappa shape index (κ2) is 13.1. The molecule has 3 fully saturated rings. The largest absolute Gasteiger partial charge is 0.459 e. The van der Waals surface area contributed by atoms with E-state index in [1.807, 2.05) is 0 Å². The maximum atomic E-state index is 14.5. The lowest BCUT2D eigenvalue weighted by Gasteiger charge is -2.69. The fraction of sp³-hybridized carbons (Fsp3) is 0.500. The number of rotatable bonds is 7. The Morgan fingerprint density at radius 1 is 0.780 bits per heavy atom. The van der Waals surface area contributed by atoms with Crippen LogP contribution in [-0.4, -0.2) is 86.7 Å². The van der Waals surface area contributed by atoms with Crippen molar-refractivity contribution in [2.24, 2.45) is 28.6 Å². The standard InChI is InChI=1S/C38H44O12/c1-8-24-28(49-32(42)22-15-11-9-12-16-22)29-36(6)25(19-26(47-20(2)39)38(29,46)34(44)37(24,7)45)35(4,5)30(27(41)31(36)48-21(3)40)50-33(43)23-17-13-10-14-18-23/h8-18,24-31,41,45-46H,1,19H2,2-7H3/t24-,25-,26-,27-,28+,29-,30+,31+,36+,37-,38+/m0/s1. The third-order valence-electron chi connectivity index (χ3n) is 11.2. The molecule has 0 spiro atoms. The SMILES string of the molecule is C=C[C@H]1[C@@H](OC(=O)c2ccccc2)[C@@H]2[C@@](O)(C(=O)[C@@]1(C)O)[C@@H](OC(C)=O)C[C@H]1C(C)(C)[C@H](OC(=O)c3ccccc3)[C@H](O)[C@@H](OC(C)=O)[C@@]21C. The van der Waals surface area contributed by atoms with Gasteiger partial charge in [-0.3, -0.25) is 14.4 Å². The molecule has 0 saturated heterocycles. The Bertz CT molecular complexity index is 1670. The van der Waals surface area contributed by atoms with E-state index in [4.69, 9.17) is 18.9 Å². The van der Waals surface area contributed by atoms with Gasteiger partial charge in [-0.1, -0.05) is 63.2 Å². The van der Waals surface area contributed by atoms with Crippen LogP contribution in [0, 0.1) is 28.6 Å². The lowest BCUT2D eigenvalue weighted by Crippen LogP contribution is -2.83. The molecule has 0 aliphatic heterocycles. The molecule has 0 unspecified atom stereocenters. The zero-order chi connectivity index (χ0) is 37.0. The third kappa shape index (κ3) is 5.72. The smallest absolute Gasteiger partial charge is 0.338 e. The number of benzene rings is 2. The summed E-state index contributed by atoms with van der Waals surface area (Å²) >= 11 is 0. The minimum Gasteiger partial charge on any atom is -0.459 e. The van der Waals surface area contributed by atoms with Crippen molar-refractivity contribution in [2.45, 2.75) is 89.7 Å². The molecule has 0 bridgehead atoms. The number of Topliss-reactive ketones (excluding diaryl/α,β-unsaturated/α-hetero) is 1. The Morgan fingerprint density at radius 3 is 1.76 bits per heavy atom. The van der Waals surface area contributed by atoms with Crippen molar-refractivity contribution in [3.8, 4) is 0 Å². The average Bonchev–Trinajstić information content (AvgIpc) is 3.05. The molecule has 3 aliphatic carbocycles. The van der Waals surface area contributed by atoms with Gasteiger partial charge < -0.3 is 34.3 Å². The van der Waals surface area contributed by atoms with E-state index in [0.29, 0.717) is 0 Å². The Morgan fingerprint density at radius 2 is 1.28 bits per heavy atom.